The Hall–Kier alpha value is -1.60. The number of carbonyl (C=O) groups is 1. The summed E-state index contributed by atoms with van der Waals surface area (Å²) in [7, 11) is 0.815. The molecule has 1 aliphatic heterocycles. The van der Waals surface area contributed by atoms with E-state index in [-0.39, 0.29) is 17.0 Å². The number of aromatic amines is 1. The monoisotopic (exact) mass is 278 g/mol. The van der Waals surface area contributed by atoms with Gasteiger partial charge in [-0.3, -0.25) is 9.59 Å². The van der Waals surface area contributed by atoms with Crippen molar-refractivity contribution in [3.05, 3.63) is 28.0 Å². The summed E-state index contributed by atoms with van der Waals surface area (Å²) in [6, 6.07) is 2.82. The molecular weight excluding hydrogens is 259 g/mol. The van der Waals surface area contributed by atoms with Crippen LogP contribution >= 0.6 is 0 Å². The van der Waals surface area contributed by atoms with E-state index in [1.165, 1.54) is 13.1 Å². The van der Waals surface area contributed by atoms with Gasteiger partial charge in [-0.2, -0.15) is 0 Å². The minimum absolute atomic E-state index is 0.279. The highest BCUT2D eigenvalue weighted by Gasteiger charge is 2.52. The highest BCUT2D eigenvalue weighted by Crippen LogP contribution is 2.36. The molecule has 0 radical (unpaired) electrons. The van der Waals surface area contributed by atoms with Gasteiger partial charge in [0.1, 0.15) is 0 Å². The Morgan fingerprint density at radius 1 is 1.20 bits per heavy atom. The molecule has 0 spiro atoms. The average Bonchev–Trinajstić information content (AvgIpc) is 2.57. The van der Waals surface area contributed by atoms with Crippen LogP contribution in [0.25, 0.3) is 0 Å². The van der Waals surface area contributed by atoms with Gasteiger partial charge in [0.05, 0.1) is 11.2 Å². The summed E-state index contributed by atoms with van der Waals surface area (Å²) in [5.41, 5.74) is -0.652. The summed E-state index contributed by atoms with van der Waals surface area (Å²) < 4.78 is 11.7. The van der Waals surface area contributed by atoms with Gasteiger partial charge in [-0.25, -0.2) is 0 Å². The Morgan fingerprint density at radius 2 is 1.75 bits per heavy atom. The highest BCUT2D eigenvalue weighted by molar-refractivity contribution is 6.61. The first kappa shape index (κ1) is 14.8. The number of hydrogen-bond donors (Lipinski definition) is 2. The van der Waals surface area contributed by atoms with Crippen molar-refractivity contribution in [3.63, 3.8) is 0 Å². The minimum Gasteiger partial charge on any atom is -0.398 e. The molecule has 1 amide bonds. The molecule has 1 fully saturated rings. The first-order chi connectivity index (χ1) is 9.16. The van der Waals surface area contributed by atoms with Crippen molar-refractivity contribution in [1.82, 2.24) is 10.3 Å². The summed E-state index contributed by atoms with van der Waals surface area (Å²) >= 11 is 0. The number of carbonyl (C=O) groups excluding carboxylic acids is 1. The minimum atomic E-state index is -0.697. The van der Waals surface area contributed by atoms with Crippen LogP contribution in [-0.2, 0) is 9.31 Å². The molecule has 0 saturated carbocycles. The molecule has 0 bridgehead atoms. The van der Waals surface area contributed by atoms with Crippen LogP contribution in [0.1, 0.15) is 38.1 Å². The largest absolute Gasteiger partial charge is 0.512 e. The lowest BCUT2D eigenvalue weighted by Crippen LogP contribution is -2.41. The van der Waals surface area contributed by atoms with Crippen molar-refractivity contribution in [2.75, 3.05) is 7.05 Å². The molecule has 2 rings (SSSR count). The maximum absolute atomic E-state index is 11.7. The molecule has 0 aromatic carbocycles. The average molecular weight is 278 g/mol. The molecule has 6 nitrogen and oxygen atoms in total. The normalized spacial score (nSPS) is 19.9. The van der Waals surface area contributed by atoms with E-state index < -0.39 is 18.3 Å². The molecule has 0 unspecified atom stereocenters. The summed E-state index contributed by atoms with van der Waals surface area (Å²) in [4.78, 5) is 26.0. The van der Waals surface area contributed by atoms with Crippen LogP contribution in [0.15, 0.2) is 16.9 Å². The van der Waals surface area contributed by atoms with Crippen molar-refractivity contribution in [2.24, 2.45) is 0 Å². The quantitative estimate of drug-likeness (QED) is 0.748. The third-order valence-corrected chi connectivity index (χ3v) is 3.86. The van der Waals surface area contributed by atoms with Gasteiger partial charge < -0.3 is 19.6 Å². The topological polar surface area (TPSA) is 80.4 Å². The fraction of sp³-hybridized carbons (Fsp3) is 0.538. The number of nitrogens with one attached hydrogen (secondary N) is 2. The Kier molecular flexibility index (Phi) is 3.52. The maximum Gasteiger partial charge on any atom is 0.512 e. The van der Waals surface area contributed by atoms with Crippen molar-refractivity contribution in [3.8, 4) is 0 Å². The van der Waals surface area contributed by atoms with E-state index in [0.717, 1.165) is 0 Å². The number of rotatable bonds is 2. The first-order valence-corrected chi connectivity index (χ1v) is 6.48. The van der Waals surface area contributed by atoms with E-state index in [0.29, 0.717) is 5.59 Å². The summed E-state index contributed by atoms with van der Waals surface area (Å²) in [6.45, 7) is 7.70. The molecule has 2 N–H and O–H groups in total. The molecule has 7 heteroatoms. The van der Waals surface area contributed by atoms with Crippen molar-refractivity contribution in [1.29, 1.82) is 0 Å². The zero-order chi connectivity index (χ0) is 15.1. The van der Waals surface area contributed by atoms with Crippen LogP contribution in [0.4, 0.5) is 0 Å². The number of pyridine rings is 1. The molecule has 0 aliphatic carbocycles. The van der Waals surface area contributed by atoms with Gasteiger partial charge >= 0.3 is 7.12 Å². The zero-order valence-electron chi connectivity index (χ0n) is 12.4. The third-order valence-electron chi connectivity index (χ3n) is 3.86. The van der Waals surface area contributed by atoms with E-state index in [9.17, 15) is 9.59 Å². The predicted molar refractivity (Wildman–Crippen MR) is 76.2 cm³/mol. The fourth-order valence-corrected chi connectivity index (χ4v) is 1.94. The Morgan fingerprint density at radius 3 is 2.25 bits per heavy atom. The van der Waals surface area contributed by atoms with Gasteiger partial charge in [0.2, 0.25) is 5.56 Å². The smallest absolute Gasteiger partial charge is 0.398 e. The number of H-pyrrole nitrogens is 1. The van der Waals surface area contributed by atoms with Crippen molar-refractivity contribution >= 4 is 18.6 Å². The van der Waals surface area contributed by atoms with E-state index in [1.807, 2.05) is 27.7 Å². The standard InChI is InChI=1S/C13H19BN2O4/c1-12(2)13(3,4)20-14(19-12)9-6-8(11(18)15-5)7-10(17)16-9/h6-7H,1-5H3,(H,15,18)(H,16,17). The molecular formula is C13H19BN2O4. The predicted octanol–water partition coefficient (Wildman–Crippen LogP) is 0.0337. The second-order valence-corrected chi connectivity index (χ2v) is 5.86. The molecule has 1 aliphatic rings. The van der Waals surface area contributed by atoms with Crippen LogP contribution in [0, 0.1) is 0 Å². The SMILES string of the molecule is CNC(=O)c1cc(B2OC(C)(C)C(C)(C)O2)[nH]c(=O)c1. The molecule has 1 saturated heterocycles. The molecule has 20 heavy (non-hydrogen) atoms. The third kappa shape index (κ3) is 2.51. The summed E-state index contributed by atoms with van der Waals surface area (Å²) in [5, 5.41) is 2.49. The molecule has 1 aromatic heterocycles. The molecule has 108 valence electrons. The maximum atomic E-state index is 11.7. The Balaban J connectivity index is 2.38. The number of hydrogen-bond acceptors (Lipinski definition) is 4. The van der Waals surface area contributed by atoms with Gasteiger partial charge in [-0.15, -0.1) is 0 Å². The Labute approximate surface area is 118 Å². The summed E-state index contributed by atoms with van der Waals surface area (Å²) in [5.74, 6) is -0.325. The summed E-state index contributed by atoms with van der Waals surface area (Å²) in [6.07, 6.45) is 0. The van der Waals surface area contributed by atoms with Crippen LogP contribution < -0.4 is 16.5 Å². The van der Waals surface area contributed by atoms with Crippen LogP contribution in [0.5, 0.6) is 0 Å². The van der Waals surface area contributed by atoms with Gasteiger partial charge in [0.25, 0.3) is 5.91 Å². The number of aromatic nitrogens is 1. The van der Waals surface area contributed by atoms with E-state index in [2.05, 4.69) is 10.3 Å². The van der Waals surface area contributed by atoms with Gasteiger partial charge in [-0.05, 0) is 33.8 Å². The second-order valence-electron chi connectivity index (χ2n) is 5.86. The van der Waals surface area contributed by atoms with Gasteiger partial charge in [-0.1, -0.05) is 0 Å². The highest BCUT2D eigenvalue weighted by atomic mass is 16.7. The van der Waals surface area contributed by atoms with E-state index >= 15 is 0 Å². The fourth-order valence-electron chi connectivity index (χ4n) is 1.94. The molecule has 1 aromatic rings. The second kappa shape index (κ2) is 4.75. The first-order valence-electron chi connectivity index (χ1n) is 6.48. The Bertz CT molecular complexity index is 578. The molecule has 0 atom stereocenters. The van der Waals surface area contributed by atoms with Crippen molar-refractivity contribution in [2.45, 2.75) is 38.9 Å². The van der Waals surface area contributed by atoms with E-state index in [1.54, 1.807) is 6.07 Å². The number of amides is 1. The lowest BCUT2D eigenvalue weighted by atomic mass is 9.83. The molecule has 2 heterocycles. The van der Waals surface area contributed by atoms with Crippen LogP contribution in [0.3, 0.4) is 0 Å². The van der Waals surface area contributed by atoms with Gasteiger partial charge in [0.15, 0.2) is 0 Å². The van der Waals surface area contributed by atoms with Gasteiger partial charge in [0, 0.05) is 24.3 Å². The lowest BCUT2D eigenvalue weighted by Gasteiger charge is -2.32. The van der Waals surface area contributed by atoms with Crippen LogP contribution in [0.2, 0.25) is 0 Å². The van der Waals surface area contributed by atoms with Crippen molar-refractivity contribution < 1.29 is 14.1 Å². The zero-order valence-corrected chi connectivity index (χ0v) is 12.4. The van der Waals surface area contributed by atoms with Crippen LogP contribution in [-0.4, -0.2) is 36.3 Å². The lowest BCUT2D eigenvalue weighted by molar-refractivity contribution is 0.00578. The van der Waals surface area contributed by atoms with E-state index in [4.69, 9.17) is 9.31 Å².